The van der Waals surface area contributed by atoms with E-state index in [2.05, 4.69) is 6.58 Å². The second-order valence-corrected chi connectivity index (χ2v) is 2.78. The quantitative estimate of drug-likeness (QED) is 0.548. The van der Waals surface area contributed by atoms with Gasteiger partial charge in [0.1, 0.15) is 0 Å². The first kappa shape index (κ1) is 10.4. The van der Waals surface area contributed by atoms with Gasteiger partial charge in [-0.15, -0.1) is 6.58 Å². The van der Waals surface area contributed by atoms with E-state index in [0.717, 1.165) is 6.07 Å². The molecule has 0 aromatic heterocycles. The number of allylic oxidation sites excluding steroid dienone is 1. The molecule has 3 nitrogen and oxygen atoms in total. The van der Waals surface area contributed by atoms with E-state index in [1.165, 1.54) is 18.2 Å². The highest BCUT2D eigenvalue weighted by Gasteiger charge is 2.19. The number of nitrogens with zero attached hydrogens (tertiary/aromatic N) is 1. The van der Waals surface area contributed by atoms with Crippen LogP contribution in [-0.4, -0.2) is 4.92 Å². The fourth-order valence-corrected chi connectivity index (χ4v) is 1.08. The average Bonchev–Trinajstić information content (AvgIpc) is 2.16. The van der Waals surface area contributed by atoms with Crippen molar-refractivity contribution in [3.05, 3.63) is 58.3 Å². The Morgan fingerprint density at radius 1 is 1.64 bits per heavy atom. The van der Waals surface area contributed by atoms with E-state index in [4.69, 9.17) is 0 Å². The summed E-state index contributed by atoms with van der Waals surface area (Å²) in [6.07, 6.45) is 1.46. The van der Waals surface area contributed by atoms with Crippen molar-refractivity contribution in [2.45, 2.75) is 6.92 Å². The smallest absolute Gasteiger partial charge is 0.258 e. The molecule has 0 bridgehead atoms. The highest BCUT2D eigenvalue weighted by atomic mass is 19.1. The Morgan fingerprint density at radius 2 is 2.29 bits per heavy atom. The van der Waals surface area contributed by atoms with Gasteiger partial charge in [0.05, 0.1) is 4.92 Å². The molecule has 0 saturated carbocycles. The molecule has 1 aromatic carbocycles. The molecule has 0 aliphatic carbocycles. The zero-order valence-electron chi connectivity index (χ0n) is 7.66. The molecule has 0 fully saturated rings. The van der Waals surface area contributed by atoms with Crippen LogP contribution in [0, 0.1) is 21.8 Å². The molecule has 0 heterocycles. The zero-order valence-corrected chi connectivity index (χ0v) is 7.66. The van der Waals surface area contributed by atoms with Crippen molar-refractivity contribution >= 4 is 5.69 Å². The molecule has 1 radical (unpaired) electrons. The minimum absolute atomic E-state index is 0.217. The Labute approximate surface area is 81.0 Å². The van der Waals surface area contributed by atoms with Crippen LogP contribution in [0.4, 0.5) is 10.1 Å². The lowest BCUT2D eigenvalue weighted by molar-refractivity contribution is -0.387. The van der Waals surface area contributed by atoms with E-state index in [-0.39, 0.29) is 5.56 Å². The number of hydrogen-bond donors (Lipinski definition) is 0. The third kappa shape index (κ3) is 1.79. The van der Waals surface area contributed by atoms with Crippen LogP contribution < -0.4 is 0 Å². The largest absolute Gasteiger partial charge is 0.305 e. The van der Waals surface area contributed by atoms with E-state index in [9.17, 15) is 14.5 Å². The van der Waals surface area contributed by atoms with Crippen LogP contribution in [0.5, 0.6) is 0 Å². The first-order valence-corrected chi connectivity index (χ1v) is 3.97. The van der Waals surface area contributed by atoms with Gasteiger partial charge in [-0.2, -0.15) is 4.39 Å². The Hall–Kier alpha value is -1.71. The van der Waals surface area contributed by atoms with Crippen molar-refractivity contribution in [1.82, 2.24) is 0 Å². The fraction of sp³-hybridized carbons (Fsp3) is 0.100. The number of nitro groups is 1. The van der Waals surface area contributed by atoms with Gasteiger partial charge in [0.25, 0.3) is 0 Å². The summed E-state index contributed by atoms with van der Waals surface area (Å²) in [5, 5.41) is 10.4. The van der Waals surface area contributed by atoms with Gasteiger partial charge in [-0.25, -0.2) is 0 Å². The minimum atomic E-state index is -0.810. The molecule has 4 heteroatoms. The van der Waals surface area contributed by atoms with E-state index in [1.54, 1.807) is 6.92 Å². The van der Waals surface area contributed by atoms with Gasteiger partial charge in [0.2, 0.25) is 5.82 Å². The first-order chi connectivity index (χ1) is 6.57. The molecule has 1 aromatic rings. The molecule has 0 unspecified atom stereocenters. The molecule has 0 N–H and O–H groups in total. The van der Waals surface area contributed by atoms with Crippen LogP contribution in [0.2, 0.25) is 0 Å². The lowest BCUT2D eigenvalue weighted by atomic mass is 10.0. The molecule has 0 atom stereocenters. The summed E-state index contributed by atoms with van der Waals surface area (Å²) in [4.78, 5) is 9.67. The third-order valence-corrected chi connectivity index (χ3v) is 1.91. The van der Waals surface area contributed by atoms with Gasteiger partial charge in [-0.1, -0.05) is 25.1 Å². The lowest BCUT2D eigenvalue weighted by Gasteiger charge is -2.06. The van der Waals surface area contributed by atoms with Gasteiger partial charge in [-0.3, -0.25) is 10.1 Å². The minimum Gasteiger partial charge on any atom is -0.258 e. The van der Waals surface area contributed by atoms with Crippen LogP contribution >= 0.6 is 0 Å². The number of nitro benzene ring substituents is 1. The molecule has 0 amide bonds. The first-order valence-electron chi connectivity index (χ1n) is 3.97. The highest BCUT2D eigenvalue weighted by molar-refractivity contribution is 5.45. The third-order valence-electron chi connectivity index (χ3n) is 1.91. The molecule has 0 spiro atoms. The molecule has 1 rings (SSSR count). The average molecular weight is 194 g/mol. The summed E-state index contributed by atoms with van der Waals surface area (Å²) >= 11 is 0. The lowest BCUT2D eigenvalue weighted by Crippen LogP contribution is -1.99. The molecule has 14 heavy (non-hydrogen) atoms. The zero-order chi connectivity index (χ0) is 10.7. The Bertz CT molecular complexity index is 376. The standard InChI is InChI=1S/C10H9FNO2/c1-3-7(2)8-5-4-6-9(10(8)11)12(13)14/h3-6H,1H2,2H3. The Kier molecular flexibility index (Phi) is 2.96. The van der Waals surface area contributed by atoms with Crippen molar-refractivity contribution in [3.63, 3.8) is 0 Å². The van der Waals surface area contributed by atoms with Crippen molar-refractivity contribution in [1.29, 1.82) is 0 Å². The van der Waals surface area contributed by atoms with Crippen molar-refractivity contribution in [3.8, 4) is 0 Å². The van der Waals surface area contributed by atoms with Crippen molar-refractivity contribution in [2.24, 2.45) is 0 Å². The topological polar surface area (TPSA) is 43.1 Å². The number of halogens is 1. The summed E-state index contributed by atoms with van der Waals surface area (Å²) < 4.78 is 13.5. The van der Waals surface area contributed by atoms with Crippen LogP contribution in [0.1, 0.15) is 12.5 Å². The molecule has 0 aliphatic heterocycles. The van der Waals surface area contributed by atoms with Gasteiger partial charge in [0, 0.05) is 17.5 Å². The van der Waals surface area contributed by atoms with E-state index in [0.29, 0.717) is 5.92 Å². The summed E-state index contributed by atoms with van der Waals surface area (Å²) in [6, 6.07) is 4.07. The number of rotatable bonds is 3. The predicted molar refractivity (Wildman–Crippen MR) is 51.3 cm³/mol. The van der Waals surface area contributed by atoms with E-state index < -0.39 is 16.4 Å². The highest BCUT2D eigenvalue weighted by Crippen LogP contribution is 2.25. The molecule has 0 aliphatic rings. The predicted octanol–water partition coefficient (Wildman–Crippen LogP) is 2.86. The Balaban J connectivity index is 3.26. The number of benzene rings is 1. The summed E-state index contributed by atoms with van der Waals surface area (Å²) in [5.74, 6) is -0.235. The molecular formula is C10H9FNO2. The van der Waals surface area contributed by atoms with Crippen LogP contribution in [-0.2, 0) is 0 Å². The number of hydrogen-bond acceptors (Lipinski definition) is 2. The van der Waals surface area contributed by atoms with E-state index >= 15 is 0 Å². The summed E-state index contributed by atoms with van der Waals surface area (Å²) in [5.41, 5.74) is -0.294. The van der Waals surface area contributed by atoms with E-state index in [1.807, 2.05) is 0 Å². The molecular weight excluding hydrogens is 185 g/mol. The fourth-order valence-electron chi connectivity index (χ4n) is 1.08. The van der Waals surface area contributed by atoms with Gasteiger partial charge < -0.3 is 0 Å². The van der Waals surface area contributed by atoms with Gasteiger partial charge in [0.15, 0.2) is 0 Å². The second kappa shape index (κ2) is 4.00. The van der Waals surface area contributed by atoms with Crippen LogP contribution in [0.15, 0.2) is 30.9 Å². The molecule has 73 valence electrons. The Morgan fingerprint density at radius 3 is 2.79 bits per heavy atom. The maximum Gasteiger partial charge on any atom is 0.305 e. The second-order valence-electron chi connectivity index (χ2n) is 2.78. The SMILES string of the molecule is C=C[C](C)c1cccc([N+](=O)[O-])c1F. The normalized spacial score (nSPS) is 10.2. The maximum atomic E-state index is 13.5. The van der Waals surface area contributed by atoms with Crippen LogP contribution in [0.3, 0.4) is 0 Å². The maximum absolute atomic E-state index is 13.5. The van der Waals surface area contributed by atoms with Crippen molar-refractivity contribution < 1.29 is 9.31 Å². The summed E-state index contributed by atoms with van der Waals surface area (Å²) in [6.45, 7) is 5.13. The monoisotopic (exact) mass is 194 g/mol. The summed E-state index contributed by atoms with van der Waals surface area (Å²) in [7, 11) is 0. The van der Waals surface area contributed by atoms with Gasteiger partial charge in [-0.05, 0) is 0 Å². The van der Waals surface area contributed by atoms with Crippen molar-refractivity contribution in [2.75, 3.05) is 0 Å². The van der Waals surface area contributed by atoms with Gasteiger partial charge >= 0.3 is 5.69 Å². The molecule has 0 saturated heterocycles. The van der Waals surface area contributed by atoms with Crippen LogP contribution in [0.25, 0.3) is 0 Å².